The number of nitrogens with one attached hydrogen (secondary N) is 1. The Labute approximate surface area is 191 Å². The van der Waals surface area contributed by atoms with Crippen LogP contribution in [0.15, 0.2) is 82.1 Å². The lowest BCUT2D eigenvalue weighted by molar-refractivity contribution is -0.136. The number of carbonyl (C=O) groups is 1. The first-order valence-corrected chi connectivity index (χ1v) is 11.0. The zero-order valence-electron chi connectivity index (χ0n) is 17.6. The maximum Gasteiger partial charge on any atom is 0.417 e. The van der Waals surface area contributed by atoms with Gasteiger partial charge in [0, 0.05) is 36.8 Å². The number of benzene rings is 3. The van der Waals surface area contributed by atoms with Crippen molar-refractivity contribution in [1.29, 1.82) is 0 Å². The lowest BCUT2D eigenvalue weighted by atomic mass is 10.1. The molecule has 170 valence electrons. The van der Waals surface area contributed by atoms with Crippen molar-refractivity contribution >= 4 is 33.9 Å². The third-order valence-electron chi connectivity index (χ3n) is 5.02. The molecule has 0 fully saturated rings. The summed E-state index contributed by atoms with van der Waals surface area (Å²) in [6, 6.07) is 19.5. The van der Waals surface area contributed by atoms with Crippen molar-refractivity contribution in [3.63, 3.8) is 0 Å². The first-order valence-electron chi connectivity index (χ1n) is 9.84. The van der Waals surface area contributed by atoms with E-state index >= 15 is 0 Å². The van der Waals surface area contributed by atoms with Gasteiger partial charge in [0.1, 0.15) is 16.9 Å². The van der Waals surface area contributed by atoms with E-state index in [1.807, 2.05) is 30.3 Å². The van der Waals surface area contributed by atoms with E-state index in [1.165, 1.54) is 11.0 Å². The summed E-state index contributed by atoms with van der Waals surface area (Å²) in [5.41, 5.74) is 0.745. The molecule has 1 atom stereocenters. The molecule has 3 aromatic carbocycles. The number of halogens is 3. The number of hydrogen-bond acceptors (Lipinski definition) is 4. The zero-order valence-corrected chi connectivity index (χ0v) is 18.5. The Bertz CT molecular complexity index is 1300. The van der Waals surface area contributed by atoms with Crippen LogP contribution < -0.4 is 9.62 Å². The molecule has 4 rings (SSSR count). The second-order valence-electron chi connectivity index (χ2n) is 7.47. The molecule has 0 aliphatic heterocycles. The molecule has 0 aliphatic rings. The highest BCUT2D eigenvalue weighted by Crippen LogP contribution is 2.39. The maximum atomic E-state index is 13.6. The summed E-state index contributed by atoms with van der Waals surface area (Å²) < 4.78 is 61.5. The van der Waals surface area contributed by atoms with Gasteiger partial charge in [-0.1, -0.05) is 42.5 Å². The molecular formula is C24H19F3N2O3S. The van der Waals surface area contributed by atoms with Crippen LogP contribution in [0.1, 0.15) is 16.1 Å². The topological polar surface area (TPSA) is 68.5 Å². The fourth-order valence-corrected chi connectivity index (χ4v) is 4.37. The Hall–Kier alpha value is -3.43. The van der Waals surface area contributed by atoms with Gasteiger partial charge in [-0.2, -0.15) is 17.9 Å². The first kappa shape index (κ1) is 22.8. The number of rotatable bonds is 5. The zero-order chi connectivity index (χ0) is 23.8. The van der Waals surface area contributed by atoms with Gasteiger partial charge in [0.05, 0.1) is 5.56 Å². The monoisotopic (exact) mass is 472 g/mol. The van der Waals surface area contributed by atoms with Crippen LogP contribution in [-0.2, 0) is 17.5 Å². The van der Waals surface area contributed by atoms with Gasteiger partial charge in [0.2, 0.25) is 0 Å². The molecule has 1 unspecified atom stereocenters. The van der Waals surface area contributed by atoms with Gasteiger partial charge in [0.25, 0.3) is 0 Å². The number of anilines is 1. The van der Waals surface area contributed by atoms with Crippen molar-refractivity contribution in [3.8, 4) is 11.1 Å². The van der Waals surface area contributed by atoms with Gasteiger partial charge in [-0.05, 0) is 29.8 Å². The molecule has 1 amide bonds. The number of alkyl halides is 3. The molecule has 0 bridgehead atoms. The molecule has 1 aromatic heterocycles. The molecule has 1 N–H and O–H groups in total. The van der Waals surface area contributed by atoms with Gasteiger partial charge in [-0.3, -0.25) is 4.79 Å². The second-order valence-corrected chi connectivity index (χ2v) is 8.65. The number of nitrogens with zero attached hydrogens (tertiary/aromatic N) is 1. The summed E-state index contributed by atoms with van der Waals surface area (Å²) in [5, 5.41) is -0.242. The summed E-state index contributed by atoms with van der Waals surface area (Å²) in [7, 11) is 3.20. The van der Waals surface area contributed by atoms with E-state index in [0.29, 0.717) is 10.5 Å². The number of hydrogen-bond donors (Lipinski definition) is 1. The Kier molecular flexibility index (Phi) is 6.09. The predicted molar refractivity (Wildman–Crippen MR) is 121 cm³/mol. The minimum absolute atomic E-state index is 0.0888. The fourth-order valence-electron chi connectivity index (χ4n) is 3.40. The molecule has 0 radical (unpaired) electrons. The summed E-state index contributed by atoms with van der Waals surface area (Å²) in [4.78, 5) is 14.6. The Balaban J connectivity index is 1.67. The molecule has 4 aromatic rings. The van der Waals surface area contributed by atoms with Gasteiger partial charge >= 0.3 is 12.1 Å². The molecule has 1 heterocycles. The van der Waals surface area contributed by atoms with E-state index in [2.05, 4.69) is 4.72 Å². The number of furan rings is 1. The van der Waals surface area contributed by atoms with Crippen molar-refractivity contribution in [3.05, 3.63) is 84.1 Å². The Morgan fingerprint density at radius 1 is 1.00 bits per heavy atom. The van der Waals surface area contributed by atoms with Crippen molar-refractivity contribution in [2.24, 2.45) is 0 Å². The van der Waals surface area contributed by atoms with Crippen molar-refractivity contribution in [2.75, 3.05) is 19.0 Å². The van der Waals surface area contributed by atoms with Gasteiger partial charge in [0.15, 0.2) is 10.7 Å². The molecular weight excluding hydrogens is 453 g/mol. The van der Waals surface area contributed by atoms with E-state index in [-0.39, 0.29) is 22.4 Å². The van der Waals surface area contributed by atoms with Crippen LogP contribution in [-0.4, -0.2) is 24.6 Å². The molecule has 9 heteroatoms. The molecule has 0 aliphatic carbocycles. The standard InChI is InChI=1S/C24H19F3N2O3S/c1-29(2)16-12-19(24(25,26)27)18-14-21(32-20(18)13-16)23(30)28-33(31)22-11-7-6-10-17(22)15-8-4-3-5-9-15/h3-14H,1-2H3,(H,28,30). The average molecular weight is 472 g/mol. The summed E-state index contributed by atoms with van der Waals surface area (Å²) in [6.45, 7) is 0. The quantitative estimate of drug-likeness (QED) is 0.382. The third kappa shape index (κ3) is 4.69. The molecule has 0 saturated carbocycles. The third-order valence-corrected chi connectivity index (χ3v) is 6.15. The van der Waals surface area contributed by atoms with Gasteiger partial charge in [-0.25, -0.2) is 0 Å². The number of amides is 1. The highest BCUT2D eigenvalue weighted by Gasteiger charge is 2.35. The Morgan fingerprint density at radius 3 is 2.33 bits per heavy atom. The fraction of sp³-hybridized carbons (Fsp3) is 0.125. The minimum atomic E-state index is -4.64. The highest BCUT2D eigenvalue weighted by atomic mass is 32.2. The average Bonchev–Trinajstić information content (AvgIpc) is 3.22. The largest absolute Gasteiger partial charge is 0.588 e. The lowest BCUT2D eigenvalue weighted by Gasteiger charge is -2.15. The first-order chi connectivity index (χ1) is 15.6. The van der Waals surface area contributed by atoms with Crippen LogP contribution >= 0.6 is 0 Å². The van der Waals surface area contributed by atoms with E-state index < -0.39 is 29.0 Å². The van der Waals surface area contributed by atoms with Crippen molar-refractivity contribution in [1.82, 2.24) is 4.72 Å². The minimum Gasteiger partial charge on any atom is -0.588 e. The van der Waals surface area contributed by atoms with Crippen LogP contribution in [0.3, 0.4) is 0 Å². The summed E-state index contributed by atoms with van der Waals surface area (Å²) in [6.07, 6.45) is -4.64. The SMILES string of the molecule is CN(C)c1cc(C(F)(F)F)c2cc(C(=O)N[S+]([O-])c3ccccc3-c3ccccc3)oc2c1. The van der Waals surface area contributed by atoms with Gasteiger partial charge < -0.3 is 13.9 Å². The lowest BCUT2D eigenvalue weighted by Crippen LogP contribution is -2.30. The van der Waals surface area contributed by atoms with E-state index in [9.17, 15) is 22.5 Å². The van der Waals surface area contributed by atoms with Crippen LogP contribution in [0.5, 0.6) is 0 Å². The smallest absolute Gasteiger partial charge is 0.417 e. The van der Waals surface area contributed by atoms with Crippen LogP contribution in [0, 0.1) is 0 Å². The van der Waals surface area contributed by atoms with E-state index in [0.717, 1.165) is 17.7 Å². The van der Waals surface area contributed by atoms with Crippen molar-refractivity contribution in [2.45, 2.75) is 11.1 Å². The molecule has 0 saturated heterocycles. The number of carbonyl (C=O) groups excluding carboxylic acids is 1. The predicted octanol–water partition coefficient (Wildman–Crippen LogP) is 5.64. The van der Waals surface area contributed by atoms with E-state index in [1.54, 1.807) is 38.4 Å². The van der Waals surface area contributed by atoms with Crippen LogP contribution in [0.25, 0.3) is 22.1 Å². The maximum absolute atomic E-state index is 13.6. The summed E-state index contributed by atoms with van der Waals surface area (Å²) >= 11 is -1.97. The van der Waals surface area contributed by atoms with Crippen LogP contribution in [0.4, 0.5) is 18.9 Å². The normalized spacial score (nSPS) is 12.5. The van der Waals surface area contributed by atoms with Crippen molar-refractivity contribution < 1.29 is 26.9 Å². The molecule has 33 heavy (non-hydrogen) atoms. The molecule has 5 nitrogen and oxygen atoms in total. The Morgan fingerprint density at radius 2 is 1.67 bits per heavy atom. The second kappa shape index (κ2) is 8.84. The summed E-state index contributed by atoms with van der Waals surface area (Å²) in [5.74, 6) is -1.25. The van der Waals surface area contributed by atoms with E-state index in [4.69, 9.17) is 4.42 Å². The van der Waals surface area contributed by atoms with Crippen LogP contribution in [0.2, 0.25) is 0 Å². The molecule has 0 spiro atoms. The number of fused-ring (bicyclic) bond motifs is 1. The highest BCUT2D eigenvalue weighted by molar-refractivity contribution is 7.90. The van der Waals surface area contributed by atoms with Gasteiger partial charge in [-0.15, -0.1) is 0 Å².